The second kappa shape index (κ2) is 9.05. The number of ether oxygens (including phenoxy) is 1. The molecule has 0 spiro atoms. The van der Waals surface area contributed by atoms with Crippen LogP contribution in [0.1, 0.15) is 19.8 Å². The molecule has 0 aromatic heterocycles. The number of nitrogens with zero attached hydrogens (tertiary/aromatic N) is 2. The van der Waals surface area contributed by atoms with Gasteiger partial charge in [-0.05, 0) is 30.9 Å². The first-order chi connectivity index (χ1) is 9.25. The van der Waals surface area contributed by atoms with E-state index in [0.717, 1.165) is 18.8 Å². The molecule has 5 heteroatoms. The summed E-state index contributed by atoms with van der Waals surface area (Å²) in [7, 11) is 0. The highest BCUT2D eigenvalue weighted by atomic mass is 127. The number of halogens is 1. The highest BCUT2D eigenvalue weighted by molar-refractivity contribution is 14.0. The zero-order valence-electron chi connectivity index (χ0n) is 12.0. The van der Waals surface area contributed by atoms with Gasteiger partial charge in [0.05, 0.1) is 6.54 Å². The topological polar surface area (TPSA) is 50.8 Å². The summed E-state index contributed by atoms with van der Waals surface area (Å²) in [6.07, 6.45) is 2.50. The molecule has 1 aliphatic rings. The standard InChI is InChI=1S/C15H23N3O.HI/c1-13-6-5-10-18(12-13)15(16)17-9-11-19-14-7-3-2-4-8-14;/h2-4,7-8,13H,5-6,9-12H2,1H3,(H2,16,17);1H. The van der Waals surface area contributed by atoms with Crippen LogP contribution in [0.4, 0.5) is 0 Å². The number of likely N-dealkylation sites (tertiary alicyclic amines) is 1. The van der Waals surface area contributed by atoms with Crippen LogP contribution in [0.5, 0.6) is 5.75 Å². The van der Waals surface area contributed by atoms with Crippen LogP contribution in [-0.4, -0.2) is 37.1 Å². The summed E-state index contributed by atoms with van der Waals surface area (Å²) in [5, 5.41) is 0. The molecular formula is C15H24IN3O. The summed E-state index contributed by atoms with van der Waals surface area (Å²) >= 11 is 0. The van der Waals surface area contributed by atoms with E-state index in [4.69, 9.17) is 10.5 Å². The third kappa shape index (κ3) is 5.56. The molecule has 0 amide bonds. The van der Waals surface area contributed by atoms with Crippen molar-refractivity contribution in [3.63, 3.8) is 0 Å². The van der Waals surface area contributed by atoms with Crippen molar-refractivity contribution in [2.75, 3.05) is 26.2 Å². The number of hydrogen-bond acceptors (Lipinski definition) is 2. The van der Waals surface area contributed by atoms with E-state index in [-0.39, 0.29) is 24.0 Å². The molecule has 2 N–H and O–H groups in total. The van der Waals surface area contributed by atoms with E-state index >= 15 is 0 Å². The van der Waals surface area contributed by atoms with Crippen LogP contribution < -0.4 is 10.5 Å². The Balaban J connectivity index is 0.00000200. The maximum absolute atomic E-state index is 6.01. The molecule has 1 fully saturated rings. The van der Waals surface area contributed by atoms with Crippen molar-refractivity contribution in [2.45, 2.75) is 19.8 Å². The minimum absolute atomic E-state index is 0. The second-order valence-corrected chi connectivity index (χ2v) is 5.09. The molecule has 1 aromatic rings. The fourth-order valence-electron chi connectivity index (χ4n) is 2.34. The first kappa shape index (κ1) is 17.1. The number of nitrogens with two attached hydrogens (primary N) is 1. The summed E-state index contributed by atoms with van der Waals surface area (Å²) in [6, 6.07) is 9.78. The predicted octanol–water partition coefficient (Wildman–Crippen LogP) is 2.73. The Bertz CT molecular complexity index is 411. The molecule has 1 aromatic carbocycles. The molecule has 1 atom stereocenters. The molecule has 0 aliphatic carbocycles. The van der Waals surface area contributed by atoms with Gasteiger partial charge in [0.1, 0.15) is 12.4 Å². The van der Waals surface area contributed by atoms with Gasteiger partial charge in [-0.2, -0.15) is 0 Å². The number of aliphatic imine (C=N–C) groups is 1. The summed E-state index contributed by atoms with van der Waals surface area (Å²) < 4.78 is 5.58. The fraction of sp³-hybridized carbons (Fsp3) is 0.533. The molecule has 1 saturated heterocycles. The smallest absolute Gasteiger partial charge is 0.191 e. The lowest BCUT2D eigenvalue weighted by molar-refractivity contribution is 0.269. The first-order valence-corrected chi connectivity index (χ1v) is 6.98. The Morgan fingerprint density at radius 3 is 2.85 bits per heavy atom. The zero-order valence-corrected chi connectivity index (χ0v) is 14.3. The van der Waals surface area contributed by atoms with Crippen molar-refractivity contribution in [1.29, 1.82) is 0 Å². The lowest BCUT2D eigenvalue weighted by atomic mass is 10.0. The van der Waals surface area contributed by atoms with Crippen molar-refractivity contribution in [2.24, 2.45) is 16.6 Å². The van der Waals surface area contributed by atoms with Gasteiger partial charge in [-0.1, -0.05) is 25.1 Å². The van der Waals surface area contributed by atoms with Crippen LogP contribution >= 0.6 is 24.0 Å². The van der Waals surface area contributed by atoms with Crippen molar-refractivity contribution < 1.29 is 4.74 Å². The highest BCUT2D eigenvalue weighted by Crippen LogP contribution is 2.14. The number of guanidine groups is 1. The summed E-state index contributed by atoms with van der Waals surface area (Å²) in [5.41, 5.74) is 6.01. The van der Waals surface area contributed by atoms with Gasteiger partial charge in [0.2, 0.25) is 0 Å². The molecule has 0 saturated carbocycles. The Kier molecular flexibility index (Phi) is 7.72. The van der Waals surface area contributed by atoms with Crippen LogP contribution in [0.2, 0.25) is 0 Å². The van der Waals surface area contributed by atoms with Gasteiger partial charge >= 0.3 is 0 Å². The van der Waals surface area contributed by atoms with Gasteiger partial charge < -0.3 is 15.4 Å². The Morgan fingerprint density at radius 2 is 2.15 bits per heavy atom. The van der Waals surface area contributed by atoms with E-state index in [9.17, 15) is 0 Å². The summed E-state index contributed by atoms with van der Waals surface area (Å²) in [5.74, 6) is 2.24. The normalized spacial score (nSPS) is 19.4. The Morgan fingerprint density at radius 1 is 1.40 bits per heavy atom. The monoisotopic (exact) mass is 389 g/mol. The van der Waals surface area contributed by atoms with Crippen LogP contribution in [0, 0.1) is 5.92 Å². The van der Waals surface area contributed by atoms with Crippen molar-refractivity contribution in [3.05, 3.63) is 30.3 Å². The highest BCUT2D eigenvalue weighted by Gasteiger charge is 2.17. The molecule has 0 radical (unpaired) electrons. The second-order valence-electron chi connectivity index (χ2n) is 5.09. The van der Waals surface area contributed by atoms with Gasteiger partial charge in [-0.3, -0.25) is 0 Å². The van der Waals surface area contributed by atoms with Gasteiger partial charge in [-0.25, -0.2) is 4.99 Å². The van der Waals surface area contributed by atoms with E-state index in [1.807, 2.05) is 30.3 Å². The number of hydrogen-bond donors (Lipinski definition) is 1. The molecule has 1 heterocycles. The Labute approximate surface area is 138 Å². The number of para-hydroxylation sites is 1. The van der Waals surface area contributed by atoms with Crippen molar-refractivity contribution in [3.8, 4) is 5.75 Å². The van der Waals surface area contributed by atoms with E-state index in [2.05, 4.69) is 16.8 Å². The summed E-state index contributed by atoms with van der Waals surface area (Å²) in [6.45, 7) is 5.48. The maximum Gasteiger partial charge on any atom is 0.191 e. The van der Waals surface area contributed by atoms with Crippen LogP contribution in [0.25, 0.3) is 0 Å². The molecule has 2 rings (SSSR count). The maximum atomic E-state index is 6.01. The molecule has 112 valence electrons. The molecule has 1 unspecified atom stereocenters. The van der Waals surface area contributed by atoms with Crippen molar-refractivity contribution >= 4 is 29.9 Å². The molecule has 1 aliphatic heterocycles. The van der Waals surface area contributed by atoms with Crippen LogP contribution in [-0.2, 0) is 0 Å². The number of piperidine rings is 1. The Hall–Kier alpha value is -0.980. The SMILES string of the molecule is CC1CCCN(C(N)=NCCOc2ccccc2)C1.I. The molecule has 0 bridgehead atoms. The van der Waals surface area contributed by atoms with Crippen LogP contribution in [0.3, 0.4) is 0 Å². The van der Waals surface area contributed by atoms with E-state index in [1.54, 1.807) is 0 Å². The third-order valence-corrected chi connectivity index (χ3v) is 3.36. The average Bonchev–Trinajstić information content (AvgIpc) is 2.44. The first-order valence-electron chi connectivity index (χ1n) is 6.98. The van der Waals surface area contributed by atoms with E-state index < -0.39 is 0 Å². The minimum Gasteiger partial charge on any atom is -0.492 e. The largest absolute Gasteiger partial charge is 0.492 e. The fourth-order valence-corrected chi connectivity index (χ4v) is 2.34. The van der Waals surface area contributed by atoms with E-state index in [0.29, 0.717) is 25.0 Å². The molecule has 20 heavy (non-hydrogen) atoms. The number of rotatable bonds is 4. The molecular weight excluding hydrogens is 365 g/mol. The third-order valence-electron chi connectivity index (χ3n) is 3.36. The van der Waals surface area contributed by atoms with Gasteiger partial charge in [0.25, 0.3) is 0 Å². The quantitative estimate of drug-likeness (QED) is 0.373. The number of benzene rings is 1. The average molecular weight is 389 g/mol. The minimum atomic E-state index is 0. The van der Waals surface area contributed by atoms with E-state index in [1.165, 1.54) is 12.8 Å². The summed E-state index contributed by atoms with van der Waals surface area (Å²) in [4.78, 5) is 6.57. The van der Waals surface area contributed by atoms with Gasteiger partial charge in [0.15, 0.2) is 5.96 Å². The lowest BCUT2D eigenvalue weighted by Gasteiger charge is -2.31. The predicted molar refractivity (Wildman–Crippen MR) is 93.8 cm³/mol. The molecule has 4 nitrogen and oxygen atoms in total. The zero-order chi connectivity index (χ0) is 13.5. The lowest BCUT2D eigenvalue weighted by Crippen LogP contribution is -2.43. The van der Waals surface area contributed by atoms with Crippen LogP contribution in [0.15, 0.2) is 35.3 Å². The van der Waals surface area contributed by atoms with Crippen molar-refractivity contribution in [1.82, 2.24) is 4.90 Å². The van der Waals surface area contributed by atoms with Gasteiger partial charge in [-0.15, -0.1) is 24.0 Å². The van der Waals surface area contributed by atoms with Gasteiger partial charge in [0, 0.05) is 13.1 Å².